The molecular weight excluding hydrogens is 420 g/mol. The van der Waals surface area contributed by atoms with Crippen molar-refractivity contribution in [2.75, 3.05) is 56.6 Å². The zero-order valence-corrected chi connectivity index (χ0v) is 18.0. The SMILES string of the molecule is CN1CCN(S(=O)(=O)c2ccc(NC(=O)CN3C(=O)COc4ccccc43)cc2)CC1. The molecule has 2 aliphatic rings. The molecule has 1 saturated heterocycles. The summed E-state index contributed by atoms with van der Waals surface area (Å²) in [6.07, 6.45) is 0. The maximum absolute atomic E-state index is 12.8. The molecule has 0 radical (unpaired) electrons. The first-order valence-corrected chi connectivity index (χ1v) is 11.4. The topological polar surface area (TPSA) is 99.3 Å². The fraction of sp³-hybridized carbons (Fsp3) is 0.333. The van der Waals surface area contributed by atoms with E-state index in [1.165, 1.54) is 21.3 Å². The van der Waals surface area contributed by atoms with Gasteiger partial charge < -0.3 is 15.0 Å². The van der Waals surface area contributed by atoms with Crippen LogP contribution in [-0.2, 0) is 19.6 Å². The fourth-order valence-corrected chi connectivity index (χ4v) is 4.98. The Morgan fingerprint density at radius 2 is 1.71 bits per heavy atom. The maximum Gasteiger partial charge on any atom is 0.265 e. The summed E-state index contributed by atoms with van der Waals surface area (Å²) in [5.41, 5.74) is 0.999. The summed E-state index contributed by atoms with van der Waals surface area (Å²) in [6.45, 7) is 2.00. The Labute approximate surface area is 181 Å². The van der Waals surface area contributed by atoms with Gasteiger partial charge in [-0.25, -0.2) is 8.42 Å². The van der Waals surface area contributed by atoms with E-state index in [0.717, 1.165) is 0 Å². The van der Waals surface area contributed by atoms with E-state index in [-0.39, 0.29) is 29.9 Å². The van der Waals surface area contributed by atoms with Crippen LogP contribution in [-0.4, -0.2) is 75.8 Å². The normalized spacial score (nSPS) is 17.7. The van der Waals surface area contributed by atoms with Crippen LogP contribution in [0.2, 0.25) is 0 Å². The third-order valence-corrected chi connectivity index (χ3v) is 7.26. The average Bonchev–Trinajstić information content (AvgIpc) is 2.76. The molecule has 0 aromatic heterocycles. The van der Waals surface area contributed by atoms with Crippen LogP contribution in [0.25, 0.3) is 0 Å². The van der Waals surface area contributed by atoms with E-state index in [0.29, 0.717) is 43.3 Å². The summed E-state index contributed by atoms with van der Waals surface area (Å²) in [6, 6.07) is 13.1. The van der Waals surface area contributed by atoms with Gasteiger partial charge in [-0.2, -0.15) is 4.31 Å². The molecule has 0 saturated carbocycles. The van der Waals surface area contributed by atoms with Gasteiger partial charge in [0.05, 0.1) is 10.6 Å². The fourth-order valence-electron chi connectivity index (χ4n) is 3.56. The smallest absolute Gasteiger partial charge is 0.265 e. The number of hydrogen-bond donors (Lipinski definition) is 1. The van der Waals surface area contributed by atoms with Gasteiger partial charge in [0.25, 0.3) is 5.91 Å². The van der Waals surface area contributed by atoms with Crippen molar-refractivity contribution >= 4 is 33.2 Å². The lowest BCUT2D eigenvalue weighted by atomic mass is 10.2. The highest BCUT2D eigenvalue weighted by molar-refractivity contribution is 7.89. The monoisotopic (exact) mass is 444 g/mol. The average molecular weight is 445 g/mol. The first-order valence-electron chi connectivity index (χ1n) is 9.95. The number of hydrogen-bond acceptors (Lipinski definition) is 6. The molecule has 0 atom stereocenters. The van der Waals surface area contributed by atoms with Gasteiger partial charge in [0.2, 0.25) is 15.9 Å². The molecule has 2 aliphatic heterocycles. The van der Waals surface area contributed by atoms with Gasteiger partial charge in [0.1, 0.15) is 12.3 Å². The largest absolute Gasteiger partial charge is 0.482 e. The zero-order valence-electron chi connectivity index (χ0n) is 17.2. The van der Waals surface area contributed by atoms with Crippen molar-refractivity contribution in [1.82, 2.24) is 9.21 Å². The van der Waals surface area contributed by atoms with Crippen molar-refractivity contribution in [2.45, 2.75) is 4.90 Å². The first-order chi connectivity index (χ1) is 14.8. The van der Waals surface area contributed by atoms with E-state index in [1.807, 2.05) is 7.05 Å². The molecule has 0 bridgehead atoms. The number of nitrogens with zero attached hydrogens (tertiary/aromatic N) is 3. The summed E-state index contributed by atoms with van der Waals surface area (Å²) >= 11 is 0. The van der Waals surface area contributed by atoms with Gasteiger partial charge in [-0.05, 0) is 43.4 Å². The van der Waals surface area contributed by atoms with Crippen molar-refractivity contribution in [3.63, 3.8) is 0 Å². The van der Waals surface area contributed by atoms with Gasteiger partial charge in [-0.15, -0.1) is 0 Å². The molecule has 1 fully saturated rings. The summed E-state index contributed by atoms with van der Waals surface area (Å²) in [5, 5.41) is 2.72. The van der Waals surface area contributed by atoms with Crippen LogP contribution in [0, 0.1) is 0 Å². The van der Waals surface area contributed by atoms with Crippen molar-refractivity contribution in [3.8, 4) is 5.75 Å². The number of para-hydroxylation sites is 2. The number of carbonyl (C=O) groups is 2. The molecule has 9 nitrogen and oxygen atoms in total. The first kappa shape index (κ1) is 21.3. The van der Waals surface area contributed by atoms with Crippen LogP contribution >= 0.6 is 0 Å². The summed E-state index contributed by atoms with van der Waals surface area (Å²) in [5.74, 6) is -0.143. The van der Waals surface area contributed by atoms with Crippen LogP contribution in [0.15, 0.2) is 53.4 Å². The van der Waals surface area contributed by atoms with Crippen LogP contribution < -0.4 is 15.0 Å². The van der Waals surface area contributed by atoms with Crippen LogP contribution in [0.3, 0.4) is 0 Å². The summed E-state index contributed by atoms with van der Waals surface area (Å²) < 4.78 is 32.5. The molecule has 0 unspecified atom stereocenters. The molecule has 31 heavy (non-hydrogen) atoms. The number of likely N-dealkylation sites (N-methyl/N-ethyl adjacent to an activating group) is 1. The minimum absolute atomic E-state index is 0.122. The number of rotatable bonds is 5. The maximum atomic E-state index is 12.8. The second-order valence-electron chi connectivity index (χ2n) is 7.52. The molecule has 10 heteroatoms. The Balaban J connectivity index is 1.41. The van der Waals surface area contributed by atoms with E-state index in [4.69, 9.17) is 4.74 Å². The molecule has 164 valence electrons. The zero-order chi connectivity index (χ0) is 22.0. The van der Waals surface area contributed by atoms with Gasteiger partial charge in [0, 0.05) is 31.9 Å². The van der Waals surface area contributed by atoms with Crippen molar-refractivity contribution < 1.29 is 22.7 Å². The Morgan fingerprint density at radius 3 is 2.42 bits per heavy atom. The van der Waals surface area contributed by atoms with E-state index < -0.39 is 10.0 Å². The Hall–Kier alpha value is -2.95. The van der Waals surface area contributed by atoms with Crippen molar-refractivity contribution in [2.24, 2.45) is 0 Å². The highest BCUT2D eigenvalue weighted by atomic mass is 32.2. The second kappa shape index (κ2) is 8.66. The number of benzene rings is 2. The number of ether oxygens (including phenoxy) is 1. The predicted molar refractivity (Wildman–Crippen MR) is 116 cm³/mol. The summed E-state index contributed by atoms with van der Waals surface area (Å²) in [7, 11) is -1.60. The standard InChI is InChI=1S/C21H24N4O5S/c1-23-10-12-24(13-11-23)31(28,29)17-8-6-16(7-9-17)22-20(26)14-25-18-4-2-3-5-19(18)30-15-21(25)27/h2-9H,10-15H2,1H3,(H,22,26). The Morgan fingerprint density at radius 1 is 1.03 bits per heavy atom. The molecular formula is C21H24N4O5S. The molecule has 2 amide bonds. The minimum atomic E-state index is -3.57. The highest BCUT2D eigenvalue weighted by Crippen LogP contribution is 2.31. The van der Waals surface area contributed by atoms with Crippen LogP contribution in [0.4, 0.5) is 11.4 Å². The van der Waals surface area contributed by atoms with Gasteiger partial charge in [-0.3, -0.25) is 14.5 Å². The van der Waals surface area contributed by atoms with Gasteiger partial charge in [0.15, 0.2) is 6.61 Å². The van der Waals surface area contributed by atoms with Crippen LogP contribution in [0.5, 0.6) is 5.75 Å². The molecule has 1 N–H and O–H groups in total. The molecule has 4 rings (SSSR count). The predicted octanol–water partition coefficient (Wildman–Crippen LogP) is 0.987. The highest BCUT2D eigenvalue weighted by Gasteiger charge is 2.28. The minimum Gasteiger partial charge on any atom is -0.482 e. The van der Waals surface area contributed by atoms with Gasteiger partial charge in [-0.1, -0.05) is 12.1 Å². The Bertz CT molecular complexity index is 1080. The lowest BCUT2D eigenvalue weighted by Gasteiger charge is -2.31. The molecule has 0 aliphatic carbocycles. The third kappa shape index (κ3) is 4.55. The van der Waals surface area contributed by atoms with E-state index in [2.05, 4.69) is 10.2 Å². The van der Waals surface area contributed by atoms with Crippen molar-refractivity contribution in [3.05, 3.63) is 48.5 Å². The number of piperazine rings is 1. The number of amides is 2. The molecule has 2 heterocycles. The van der Waals surface area contributed by atoms with E-state index >= 15 is 0 Å². The number of nitrogens with one attached hydrogen (secondary N) is 1. The van der Waals surface area contributed by atoms with Crippen LogP contribution in [0.1, 0.15) is 0 Å². The third-order valence-electron chi connectivity index (χ3n) is 5.35. The van der Waals surface area contributed by atoms with E-state index in [1.54, 1.807) is 36.4 Å². The van der Waals surface area contributed by atoms with Gasteiger partial charge >= 0.3 is 0 Å². The molecule has 2 aromatic carbocycles. The van der Waals surface area contributed by atoms with E-state index in [9.17, 15) is 18.0 Å². The number of anilines is 2. The Kier molecular flexibility index (Phi) is 5.94. The quantitative estimate of drug-likeness (QED) is 0.738. The lowest BCUT2D eigenvalue weighted by molar-refractivity contribution is -0.123. The molecule has 2 aromatic rings. The molecule has 0 spiro atoms. The number of sulfonamides is 1. The number of carbonyl (C=O) groups excluding carboxylic acids is 2. The summed E-state index contributed by atoms with van der Waals surface area (Å²) in [4.78, 5) is 28.4. The lowest BCUT2D eigenvalue weighted by Crippen LogP contribution is -2.47. The van der Waals surface area contributed by atoms with Crippen molar-refractivity contribution in [1.29, 1.82) is 0 Å². The second-order valence-corrected chi connectivity index (χ2v) is 9.45. The number of fused-ring (bicyclic) bond motifs is 1.